The monoisotopic (exact) mass is 279 g/mol. The molecule has 0 amide bonds. The third kappa shape index (κ3) is 1.88. The van der Waals surface area contributed by atoms with Gasteiger partial charge >= 0.3 is 0 Å². The maximum Gasteiger partial charge on any atom is 0.0410 e. The number of halogens is 1. The minimum absolute atomic E-state index is 0.963. The van der Waals surface area contributed by atoms with Gasteiger partial charge in [0.05, 0.1) is 0 Å². The van der Waals surface area contributed by atoms with Gasteiger partial charge in [-0.15, -0.1) is 0 Å². The molecule has 0 bridgehead atoms. The van der Waals surface area contributed by atoms with Gasteiger partial charge in [-0.2, -0.15) is 0 Å². The molecule has 2 aliphatic rings. The molecule has 0 radical (unpaired) electrons. The average Bonchev–Trinajstić information content (AvgIpc) is 2.24. The van der Waals surface area contributed by atoms with Crippen molar-refractivity contribution in [3.63, 3.8) is 0 Å². The van der Waals surface area contributed by atoms with E-state index in [1.165, 1.54) is 60.9 Å². The third-order valence-electron chi connectivity index (χ3n) is 3.99. The van der Waals surface area contributed by atoms with E-state index in [1.807, 2.05) is 0 Å². The summed E-state index contributed by atoms with van der Waals surface area (Å²) in [6.07, 6.45) is 6.88. The van der Waals surface area contributed by atoms with Crippen LogP contribution in [0.15, 0.2) is 22.7 Å². The van der Waals surface area contributed by atoms with Gasteiger partial charge in [-0.25, -0.2) is 0 Å². The minimum atomic E-state index is 0.963. The van der Waals surface area contributed by atoms with E-state index in [-0.39, 0.29) is 0 Å². The highest BCUT2D eigenvalue weighted by atomic mass is 79.9. The molecule has 1 fully saturated rings. The molecule has 16 heavy (non-hydrogen) atoms. The number of nitrogens with zero attached hydrogens (tertiary/aromatic N) is 1. The van der Waals surface area contributed by atoms with Crippen LogP contribution in [-0.2, 0) is 6.42 Å². The van der Waals surface area contributed by atoms with Gasteiger partial charge in [-0.3, -0.25) is 0 Å². The molecular weight excluding hydrogens is 262 g/mol. The lowest BCUT2D eigenvalue weighted by Gasteiger charge is -2.37. The van der Waals surface area contributed by atoms with Crippen molar-refractivity contribution in [3.8, 4) is 0 Å². The van der Waals surface area contributed by atoms with Crippen LogP contribution in [0.4, 0.5) is 5.69 Å². The number of anilines is 1. The molecule has 86 valence electrons. The molecule has 0 unspecified atom stereocenters. The Balaban J connectivity index is 1.84. The Morgan fingerprint density at radius 3 is 2.88 bits per heavy atom. The van der Waals surface area contributed by atoms with Crippen molar-refractivity contribution in [2.45, 2.75) is 32.1 Å². The first-order valence-electron chi connectivity index (χ1n) is 6.37. The minimum Gasteiger partial charge on any atom is -0.371 e. The first-order chi connectivity index (χ1) is 7.84. The number of hydrogen-bond donors (Lipinski definition) is 0. The highest BCUT2D eigenvalue weighted by molar-refractivity contribution is 9.10. The zero-order valence-electron chi connectivity index (χ0n) is 9.58. The van der Waals surface area contributed by atoms with E-state index in [9.17, 15) is 0 Å². The van der Waals surface area contributed by atoms with Crippen LogP contribution < -0.4 is 4.90 Å². The molecule has 0 atom stereocenters. The van der Waals surface area contributed by atoms with Gasteiger partial charge in [-0.05, 0) is 49.3 Å². The standard InChI is InChI=1S/C14H18BrN/c15-13-7-2-8-14-12(13)6-3-9-16(14)10-11-4-1-5-11/h2,7-8,11H,1,3-6,9-10H2. The quantitative estimate of drug-likeness (QED) is 0.791. The van der Waals surface area contributed by atoms with E-state index < -0.39 is 0 Å². The molecule has 1 saturated carbocycles. The van der Waals surface area contributed by atoms with Crippen molar-refractivity contribution < 1.29 is 0 Å². The van der Waals surface area contributed by atoms with Gasteiger partial charge in [0.2, 0.25) is 0 Å². The molecule has 1 aromatic carbocycles. The number of benzene rings is 1. The van der Waals surface area contributed by atoms with Gasteiger partial charge in [-0.1, -0.05) is 28.4 Å². The van der Waals surface area contributed by atoms with Crippen LogP contribution in [0.1, 0.15) is 31.2 Å². The van der Waals surface area contributed by atoms with Crippen molar-refractivity contribution in [2.24, 2.45) is 5.92 Å². The Morgan fingerprint density at radius 2 is 2.12 bits per heavy atom. The summed E-state index contributed by atoms with van der Waals surface area (Å²) in [5.74, 6) is 0.963. The number of fused-ring (bicyclic) bond motifs is 1. The van der Waals surface area contributed by atoms with Crippen LogP contribution in [-0.4, -0.2) is 13.1 Å². The first-order valence-corrected chi connectivity index (χ1v) is 7.16. The molecule has 2 heteroatoms. The Kier molecular flexibility index (Phi) is 2.93. The Labute approximate surface area is 106 Å². The Bertz CT molecular complexity index is 384. The second-order valence-corrected chi connectivity index (χ2v) is 5.94. The van der Waals surface area contributed by atoms with Crippen LogP contribution in [0, 0.1) is 5.92 Å². The summed E-state index contributed by atoms with van der Waals surface area (Å²) in [5.41, 5.74) is 3.00. The fourth-order valence-electron chi connectivity index (χ4n) is 2.83. The van der Waals surface area contributed by atoms with Crippen LogP contribution in [0.5, 0.6) is 0 Å². The van der Waals surface area contributed by atoms with Gasteiger partial charge in [0.25, 0.3) is 0 Å². The summed E-state index contributed by atoms with van der Waals surface area (Å²) in [4.78, 5) is 2.60. The topological polar surface area (TPSA) is 3.24 Å². The molecule has 0 spiro atoms. The number of hydrogen-bond acceptors (Lipinski definition) is 1. The van der Waals surface area contributed by atoms with Crippen molar-refractivity contribution in [3.05, 3.63) is 28.2 Å². The van der Waals surface area contributed by atoms with Gasteiger partial charge < -0.3 is 4.90 Å². The summed E-state index contributed by atoms with van der Waals surface area (Å²) in [7, 11) is 0. The fraction of sp³-hybridized carbons (Fsp3) is 0.571. The van der Waals surface area contributed by atoms with Crippen LogP contribution >= 0.6 is 15.9 Å². The van der Waals surface area contributed by atoms with Crippen LogP contribution in [0.3, 0.4) is 0 Å². The van der Waals surface area contributed by atoms with Crippen molar-refractivity contribution in [2.75, 3.05) is 18.0 Å². The molecule has 0 saturated heterocycles. The molecule has 1 heterocycles. The van der Waals surface area contributed by atoms with E-state index in [1.54, 1.807) is 0 Å². The third-order valence-corrected chi connectivity index (χ3v) is 4.74. The fourth-order valence-corrected chi connectivity index (χ4v) is 3.39. The molecule has 0 N–H and O–H groups in total. The Hall–Kier alpha value is -0.500. The highest BCUT2D eigenvalue weighted by Crippen LogP contribution is 2.35. The van der Waals surface area contributed by atoms with Crippen LogP contribution in [0.25, 0.3) is 0 Å². The zero-order chi connectivity index (χ0) is 11.0. The molecular formula is C14H18BrN. The Morgan fingerprint density at radius 1 is 1.25 bits per heavy atom. The summed E-state index contributed by atoms with van der Waals surface area (Å²) in [6, 6.07) is 6.63. The lowest BCUT2D eigenvalue weighted by Crippen LogP contribution is -2.36. The van der Waals surface area contributed by atoms with Gasteiger partial charge in [0, 0.05) is 23.2 Å². The van der Waals surface area contributed by atoms with E-state index in [4.69, 9.17) is 0 Å². The van der Waals surface area contributed by atoms with Crippen molar-refractivity contribution >= 4 is 21.6 Å². The predicted molar refractivity (Wildman–Crippen MR) is 72.0 cm³/mol. The predicted octanol–water partition coefficient (Wildman–Crippen LogP) is 4.00. The molecule has 0 aromatic heterocycles. The smallest absolute Gasteiger partial charge is 0.0410 e. The van der Waals surface area contributed by atoms with E-state index in [2.05, 4.69) is 39.0 Å². The maximum absolute atomic E-state index is 3.68. The normalized spacial score (nSPS) is 20.4. The summed E-state index contributed by atoms with van der Waals surface area (Å²) >= 11 is 3.68. The SMILES string of the molecule is Brc1cccc2c1CCCN2CC1CCC1. The summed E-state index contributed by atoms with van der Waals surface area (Å²) in [5, 5.41) is 0. The molecule has 1 aliphatic carbocycles. The van der Waals surface area contributed by atoms with Crippen molar-refractivity contribution in [1.29, 1.82) is 0 Å². The second-order valence-electron chi connectivity index (χ2n) is 5.08. The lowest BCUT2D eigenvalue weighted by atomic mass is 9.84. The highest BCUT2D eigenvalue weighted by Gasteiger charge is 2.24. The van der Waals surface area contributed by atoms with E-state index in [0.29, 0.717) is 0 Å². The van der Waals surface area contributed by atoms with E-state index in [0.717, 1.165) is 5.92 Å². The lowest BCUT2D eigenvalue weighted by molar-refractivity contribution is 0.316. The largest absolute Gasteiger partial charge is 0.371 e. The maximum atomic E-state index is 3.68. The van der Waals surface area contributed by atoms with Gasteiger partial charge in [0.1, 0.15) is 0 Å². The molecule has 1 nitrogen and oxygen atoms in total. The molecule has 3 rings (SSSR count). The number of rotatable bonds is 2. The van der Waals surface area contributed by atoms with Crippen LogP contribution in [0.2, 0.25) is 0 Å². The molecule has 1 aromatic rings. The first kappa shape index (κ1) is 10.6. The zero-order valence-corrected chi connectivity index (χ0v) is 11.2. The average molecular weight is 280 g/mol. The summed E-state index contributed by atoms with van der Waals surface area (Å²) < 4.78 is 1.29. The van der Waals surface area contributed by atoms with E-state index >= 15 is 0 Å². The van der Waals surface area contributed by atoms with Gasteiger partial charge in [0.15, 0.2) is 0 Å². The molecule has 1 aliphatic heterocycles. The second kappa shape index (κ2) is 4.40. The van der Waals surface area contributed by atoms with Crippen molar-refractivity contribution in [1.82, 2.24) is 0 Å². The summed E-state index contributed by atoms with van der Waals surface area (Å²) in [6.45, 7) is 2.53.